The van der Waals surface area contributed by atoms with Gasteiger partial charge in [0.05, 0.1) is 10.9 Å². The number of hydrogen-bond donors (Lipinski definition) is 0. The van der Waals surface area contributed by atoms with Crippen molar-refractivity contribution in [2.75, 3.05) is 0 Å². The Morgan fingerprint density at radius 1 is 1.03 bits per heavy atom. The lowest BCUT2D eigenvalue weighted by Gasteiger charge is -2.13. The fourth-order valence-corrected chi connectivity index (χ4v) is 3.72. The fourth-order valence-electron chi connectivity index (χ4n) is 3.39. The number of hydrogen-bond acceptors (Lipinski definition) is 3. The van der Waals surface area contributed by atoms with Gasteiger partial charge in [0.1, 0.15) is 5.65 Å². The second-order valence-electron chi connectivity index (χ2n) is 7.26. The van der Waals surface area contributed by atoms with Crippen molar-refractivity contribution in [1.82, 2.24) is 9.55 Å². The Hall–Kier alpha value is -3.10. The monoisotopic (exact) mass is 400 g/mol. The third-order valence-electron chi connectivity index (χ3n) is 4.92. The zero-order chi connectivity index (χ0) is 20.5. The van der Waals surface area contributed by atoms with Crippen molar-refractivity contribution in [3.8, 4) is 0 Å². The number of nitrogens with zero attached hydrogens (tertiary/aromatic N) is 2. The number of carbonyl (C=O) groups is 1. The lowest BCUT2D eigenvalue weighted by atomic mass is 10.0. The summed E-state index contributed by atoms with van der Waals surface area (Å²) in [6.45, 7) is 4.37. The highest BCUT2D eigenvalue weighted by Gasteiger charge is 2.18. The standard InChI is InChI=1S/C24H21N2O2P/c1-15-6-9-18(10-7-15)22(27)21-14-26(13-17-4-3-5-19(29)12-17)24-20(23(21)28)11-8-16(2)25-24/h3-12,14H,13,29H2,1-2H3. The summed E-state index contributed by atoms with van der Waals surface area (Å²) in [6, 6.07) is 18.9. The third kappa shape index (κ3) is 3.90. The topological polar surface area (TPSA) is 52.0 Å². The molecule has 2 aromatic carbocycles. The quantitative estimate of drug-likeness (QED) is 0.387. The van der Waals surface area contributed by atoms with Crippen molar-refractivity contribution in [3.63, 3.8) is 0 Å². The maximum Gasteiger partial charge on any atom is 0.202 e. The Morgan fingerprint density at radius 2 is 1.79 bits per heavy atom. The van der Waals surface area contributed by atoms with Gasteiger partial charge >= 0.3 is 0 Å². The van der Waals surface area contributed by atoms with Crippen molar-refractivity contribution in [3.05, 3.63) is 105 Å². The summed E-state index contributed by atoms with van der Waals surface area (Å²) in [5, 5.41) is 1.53. The van der Waals surface area contributed by atoms with Gasteiger partial charge in [0.2, 0.25) is 5.43 Å². The number of ketones is 1. The average molecular weight is 400 g/mol. The van der Waals surface area contributed by atoms with Gasteiger partial charge in [-0.2, -0.15) is 0 Å². The van der Waals surface area contributed by atoms with Crippen LogP contribution in [0.25, 0.3) is 11.0 Å². The average Bonchev–Trinajstić information content (AvgIpc) is 2.70. The normalized spacial score (nSPS) is 11.0. The van der Waals surface area contributed by atoms with Gasteiger partial charge in [-0.1, -0.05) is 54.1 Å². The van der Waals surface area contributed by atoms with Crippen molar-refractivity contribution in [2.45, 2.75) is 20.4 Å². The van der Waals surface area contributed by atoms with Gasteiger partial charge in [0, 0.05) is 24.0 Å². The SMILES string of the molecule is Cc1ccc(C(=O)c2cn(Cc3cccc(P)c3)c3nc(C)ccc3c2=O)cc1. The van der Waals surface area contributed by atoms with Crippen LogP contribution < -0.4 is 10.7 Å². The van der Waals surface area contributed by atoms with Crippen LogP contribution in [0.4, 0.5) is 0 Å². The van der Waals surface area contributed by atoms with Crippen LogP contribution in [0.1, 0.15) is 32.7 Å². The largest absolute Gasteiger partial charge is 0.327 e. The van der Waals surface area contributed by atoms with Crippen molar-refractivity contribution < 1.29 is 4.79 Å². The van der Waals surface area contributed by atoms with E-state index < -0.39 is 0 Å². The van der Waals surface area contributed by atoms with E-state index >= 15 is 0 Å². The second kappa shape index (κ2) is 7.73. The summed E-state index contributed by atoms with van der Waals surface area (Å²) in [6.07, 6.45) is 1.65. The van der Waals surface area contributed by atoms with Gasteiger partial charge < -0.3 is 4.57 Å². The number of fused-ring (bicyclic) bond motifs is 1. The Morgan fingerprint density at radius 3 is 2.52 bits per heavy atom. The van der Waals surface area contributed by atoms with Crippen LogP contribution in [0.5, 0.6) is 0 Å². The first-order chi connectivity index (χ1) is 13.9. The number of rotatable bonds is 4. The zero-order valence-corrected chi connectivity index (χ0v) is 17.5. The minimum atomic E-state index is -0.283. The Kier molecular flexibility index (Phi) is 5.12. The molecule has 0 amide bonds. The molecule has 0 fully saturated rings. The molecule has 0 spiro atoms. The summed E-state index contributed by atoms with van der Waals surface area (Å²) in [7, 11) is 2.69. The van der Waals surface area contributed by atoms with Crippen LogP contribution in [0.15, 0.2) is 71.7 Å². The maximum atomic E-state index is 13.1. The van der Waals surface area contributed by atoms with Crippen LogP contribution in [-0.2, 0) is 6.54 Å². The Labute approximate surface area is 171 Å². The highest BCUT2D eigenvalue weighted by atomic mass is 31.0. The molecule has 4 nitrogen and oxygen atoms in total. The molecule has 0 aliphatic carbocycles. The van der Waals surface area contributed by atoms with E-state index in [0.29, 0.717) is 23.1 Å². The molecule has 0 radical (unpaired) electrons. The minimum Gasteiger partial charge on any atom is -0.327 e. The predicted molar refractivity (Wildman–Crippen MR) is 120 cm³/mol. The van der Waals surface area contributed by atoms with Gasteiger partial charge in [-0.05, 0) is 36.8 Å². The molecule has 5 heteroatoms. The fraction of sp³-hybridized carbons (Fsp3) is 0.125. The third-order valence-corrected chi connectivity index (χ3v) is 5.28. The van der Waals surface area contributed by atoms with E-state index in [1.807, 2.05) is 48.7 Å². The molecule has 4 rings (SSSR count). The molecular formula is C24H21N2O2P. The molecule has 144 valence electrons. The Balaban J connectivity index is 1.90. The summed E-state index contributed by atoms with van der Waals surface area (Å²) < 4.78 is 1.89. The highest BCUT2D eigenvalue weighted by molar-refractivity contribution is 7.27. The molecule has 0 bridgehead atoms. The number of benzene rings is 2. The predicted octanol–water partition coefficient (Wildman–Crippen LogP) is 3.79. The van der Waals surface area contributed by atoms with E-state index in [9.17, 15) is 9.59 Å². The van der Waals surface area contributed by atoms with E-state index in [0.717, 1.165) is 22.1 Å². The summed E-state index contributed by atoms with van der Waals surface area (Å²) in [4.78, 5) is 30.8. The molecule has 0 N–H and O–H groups in total. The molecule has 2 heterocycles. The summed E-state index contributed by atoms with van der Waals surface area (Å²) in [5.74, 6) is -0.272. The van der Waals surface area contributed by atoms with Gasteiger partial charge in [-0.3, -0.25) is 9.59 Å². The van der Waals surface area contributed by atoms with Gasteiger partial charge in [-0.25, -0.2) is 4.98 Å². The molecule has 4 aromatic rings. The first-order valence-corrected chi connectivity index (χ1v) is 9.97. The zero-order valence-electron chi connectivity index (χ0n) is 16.3. The minimum absolute atomic E-state index is 0.161. The van der Waals surface area contributed by atoms with Gasteiger partial charge in [-0.15, -0.1) is 9.24 Å². The van der Waals surface area contributed by atoms with Crippen LogP contribution in [0.2, 0.25) is 0 Å². The van der Waals surface area contributed by atoms with E-state index in [-0.39, 0.29) is 16.8 Å². The van der Waals surface area contributed by atoms with Crippen LogP contribution in [-0.4, -0.2) is 15.3 Å². The molecule has 29 heavy (non-hydrogen) atoms. The lowest BCUT2D eigenvalue weighted by molar-refractivity contribution is 0.103. The highest BCUT2D eigenvalue weighted by Crippen LogP contribution is 2.16. The van der Waals surface area contributed by atoms with E-state index in [1.54, 1.807) is 30.5 Å². The van der Waals surface area contributed by atoms with E-state index in [2.05, 4.69) is 20.3 Å². The van der Waals surface area contributed by atoms with Crippen LogP contribution >= 0.6 is 9.24 Å². The summed E-state index contributed by atoms with van der Waals surface area (Å²) in [5.41, 5.74) is 3.93. The summed E-state index contributed by atoms with van der Waals surface area (Å²) >= 11 is 0. The molecular weight excluding hydrogens is 379 g/mol. The van der Waals surface area contributed by atoms with Crippen LogP contribution in [0.3, 0.4) is 0 Å². The van der Waals surface area contributed by atoms with E-state index in [4.69, 9.17) is 0 Å². The number of carbonyl (C=O) groups excluding carboxylic acids is 1. The number of pyridine rings is 2. The molecule has 0 aliphatic rings. The van der Waals surface area contributed by atoms with Crippen LogP contribution in [0, 0.1) is 13.8 Å². The molecule has 2 aromatic heterocycles. The first kappa shape index (κ1) is 19.2. The molecule has 1 unspecified atom stereocenters. The number of aryl methyl sites for hydroxylation is 2. The molecule has 1 atom stereocenters. The van der Waals surface area contributed by atoms with Crippen molar-refractivity contribution >= 4 is 31.4 Å². The smallest absolute Gasteiger partial charge is 0.202 e. The van der Waals surface area contributed by atoms with Gasteiger partial charge in [0.25, 0.3) is 0 Å². The number of aromatic nitrogens is 2. The molecule has 0 saturated carbocycles. The first-order valence-electron chi connectivity index (χ1n) is 9.39. The van der Waals surface area contributed by atoms with Crippen molar-refractivity contribution in [1.29, 1.82) is 0 Å². The van der Waals surface area contributed by atoms with Crippen molar-refractivity contribution in [2.24, 2.45) is 0 Å². The van der Waals surface area contributed by atoms with Gasteiger partial charge in [0.15, 0.2) is 5.78 Å². The Bertz CT molecular complexity index is 1290. The molecule has 0 aliphatic heterocycles. The van der Waals surface area contributed by atoms with E-state index in [1.165, 1.54) is 0 Å². The second-order valence-corrected chi connectivity index (χ2v) is 7.93. The molecule has 0 saturated heterocycles. The maximum absolute atomic E-state index is 13.1. The lowest BCUT2D eigenvalue weighted by Crippen LogP contribution is -2.21.